The van der Waals surface area contributed by atoms with Crippen LogP contribution >= 0.6 is 11.6 Å². The molecule has 1 aromatic carbocycles. The number of hydrogen-bond donors (Lipinski definition) is 1. The number of nitrogens with two attached hydrogens (primary N) is 1. The smallest absolute Gasteiger partial charge is 0.145 e. The van der Waals surface area contributed by atoms with Gasteiger partial charge in [0.05, 0.1) is 11.9 Å². The topological polar surface area (TPSA) is 48.1 Å². The maximum absolute atomic E-state index is 6.27. The van der Waals surface area contributed by atoms with Gasteiger partial charge in [-0.05, 0) is 55.2 Å². The first-order chi connectivity index (χ1) is 9.88. The molecule has 0 aliphatic heterocycles. The molecule has 0 aliphatic rings. The molecule has 21 heavy (non-hydrogen) atoms. The molecule has 0 aliphatic carbocycles. The molecule has 4 heteroatoms. The Bertz CT molecular complexity index is 621. The third-order valence-corrected chi connectivity index (χ3v) is 3.70. The Labute approximate surface area is 131 Å². The molecule has 0 unspecified atom stereocenters. The number of nitrogens with zero attached hydrogens (tertiary/aromatic N) is 1. The second-order valence-electron chi connectivity index (χ2n) is 5.60. The molecule has 0 bridgehead atoms. The van der Waals surface area contributed by atoms with Gasteiger partial charge in [0.2, 0.25) is 0 Å². The molecule has 1 heterocycles. The first kappa shape index (κ1) is 15.8. The molecule has 2 N–H and O–H groups in total. The van der Waals surface area contributed by atoms with Crippen LogP contribution in [-0.4, -0.2) is 4.98 Å². The minimum atomic E-state index is -0.0798. The Balaban J connectivity index is 2.28. The molecule has 0 fully saturated rings. The highest BCUT2D eigenvalue weighted by molar-refractivity contribution is 6.31. The summed E-state index contributed by atoms with van der Waals surface area (Å²) in [5.41, 5.74) is 8.72. The van der Waals surface area contributed by atoms with E-state index in [1.165, 1.54) is 0 Å². The molecule has 1 aromatic heterocycles. The Morgan fingerprint density at radius 1 is 1.19 bits per heavy atom. The summed E-state index contributed by atoms with van der Waals surface area (Å²) in [5, 5.41) is 0.778. The summed E-state index contributed by atoms with van der Waals surface area (Å²) in [5.74, 6) is 1.84. The minimum Gasteiger partial charge on any atom is -0.455 e. The lowest BCUT2D eigenvalue weighted by atomic mass is 10.0. The fourth-order valence-electron chi connectivity index (χ4n) is 2.07. The number of hydrogen-bond acceptors (Lipinski definition) is 3. The standard InChI is InChI=1S/C17H21ClN2O/c1-10(2)14-8-17(11(3)7-15(14)18)21-13-5-6-16(12(4)19)20-9-13/h5-10,12H,19H2,1-4H3/t12-/m0/s1. The van der Waals surface area contributed by atoms with E-state index in [1.807, 2.05) is 38.1 Å². The maximum atomic E-state index is 6.27. The van der Waals surface area contributed by atoms with Crippen LogP contribution in [0.3, 0.4) is 0 Å². The Hall–Kier alpha value is -1.58. The van der Waals surface area contributed by atoms with Crippen LogP contribution in [-0.2, 0) is 0 Å². The van der Waals surface area contributed by atoms with Crippen LogP contribution < -0.4 is 10.5 Å². The highest BCUT2D eigenvalue weighted by Gasteiger charge is 2.11. The molecule has 2 rings (SSSR count). The zero-order chi connectivity index (χ0) is 15.6. The number of aromatic nitrogens is 1. The summed E-state index contributed by atoms with van der Waals surface area (Å²) in [6.45, 7) is 8.11. The Morgan fingerprint density at radius 3 is 2.43 bits per heavy atom. The van der Waals surface area contributed by atoms with E-state index in [0.717, 1.165) is 27.6 Å². The quantitative estimate of drug-likeness (QED) is 0.866. The van der Waals surface area contributed by atoms with Crippen molar-refractivity contribution < 1.29 is 4.74 Å². The van der Waals surface area contributed by atoms with E-state index in [0.29, 0.717) is 11.7 Å². The molecule has 1 atom stereocenters. The summed E-state index contributed by atoms with van der Waals surface area (Å²) in [7, 11) is 0. The molecule has 0 amide bonds. The molecular weight excluding hydrogens is 284 g/mol. The van der Waals surface area contributed by atoms with Crippen LogP contribution in [0.2, 0.25) is 5.02 Å². The molecule has 0 saturated carbocycles. The van der Waals surface area contributed by atoms with E-state index in [4.69, 9.17) is 22.1 Å². The zero-order valence-corrected chi connectivity index (χ0v) is 13.6. The van der Waals surface area contributed by atoms with Crippen LogP contribution in [0.5, 0.6) is 11.5 Å². The third-order valence-electron chi connectivity index (χ3n) is 3.37. The van der Waals surface area contributed by atoms with Crippen molar-refractivity contribution >= 4 is 11.6 Å². The second-order valence-corrected chi connectivity index (χ2v) is 6.01. The third kappa shape index (κ3) is 3.74. The molecule has 2 aromatic rings. The zero-order valence-electron chi connectivity index (χ0n) is 12.9. The first-order valence-electron chi connectivity index (χ1n) is 7.08. The SMILES string of the molecule is Cc1cc(Cl)c(C(C)C)cc1Oc1ccc([C@H](C)N)nc1. The molecule has 0 spiro atoms. The van der Waals surface area contributed by atoms with E-state index in [9.17, 15) is 0 Å². The van der Waals surface area contributed by atoms with Gasteiger partial charge in [-0.1, -0.05) is 25.4 Å². The predicted molar refractivity (Wildman–Crippen MR) is 87.2 cm³/mol. The number of aryl methyl sites for hydroxylation is 1. The molecule has 3 nitrogen and oxygen atoms in total. The summed E-state index contributed by atoms with van der Waals surface area (Å²) >= 11 is 6.27. The Kier molecular flexibility index (Phi) is 4.86. The van der Waals surface area contributed by atoms with Crippen LogP contribution in [0, 0.1) is 6.92 Å². The van der Waals surface area contributed by atoms with Crippen molar-refractivity contribution in [1.82, 2.24) is 4.98 Å². The fraction of sp³-hybridized carbons (Fsp3) is 0.353. The lowest BCUT2D eigenvalue weighted by Gasteiger charge is -2.14. The maximum Gasteiger partial charge on any atom is 0.145 e. The summed E-state index contributed by atoms with van der Waals surface area (Å²) < 4.78 is 5.93. The monoisotopic (exact) mass is 304 g/mol. The molecule has 0 saturated heterocycles. The van der Waals surface area contributed by atoms with E-state index < -0.39 is 0 Å². The van der Waals surface area contributed by atoms with Crippen molar-refractivity contribution in [3.05, 3.63) is 52.3 Å². The van der Waals surface area contributed by atoms with E-state index >= 15 is 0 Å². The highest BCUT2D eigenvalue weighted by atomic mass is 35.5. The lowest BCUT2D eigenvalue weighted by molar-refractivity contribution is 0.474. The van der Waals surface area contributed by atoms with Gasteiger partial charge in [-0.25, -0.2) is 0 Å². The van der Waals surface area contributed by atoms with E-state index in [2.05, 4.69) is 18.8 Å². The average Bonchev–Trinajstić information content (AvgIpc) is 2.42. The number of halogens is 1. The molecular formula is C17H21ClN2O. The van der Waals surface area contributed by atoms with Gasteiger partial charge in [-0.15, -0.1) is 0 Å². The van der Waals surface area contributed by atoms with Crippen molar-refractivity contribution in [3.63, 3.8) is 0 Å². The average molecular weight is 305 g/mol. The number of ether oxygens (including phenoxy) is 1. The summed E-state index contributed by atoms with van der Waals surface area (Å²) in [6.07, 6.45) is 1.70. The van der Waals surface area contributed by atoms with Crippen LogP contribution in [0.15, 0.2) is 30.5 Å². The van der Waals surface area contributed by atoms with Gasteiger partial charge < -0.3 is 10.5 Å². The number of rotatable bonds is 4. The Morgan fingerprint density at radius 2 is 1.90 bits per heavy atom. The van der Waals surface area contributed by atoms with E-state index in [-0.39, 0.29) is 6.04 Å². The normalized spacial score (nSPS) is 12.5. The van der Waals surface area contributed by atoms with Gasteiger partial charge >= 0.3 is 0 Å². The van der Waals surface area contributed by atoms with Crippen LogP contribution in [0.4, 0.5) is 0 Å². The van der Waals surface area contributed by atoms with Crippen LogP contribution in [0.25, 0.3) is 0 Å². The largest absolute Gasteiger partial charge is 0.455 e. The second kappa shape index (κ2) is 6.46. The van der Waals surface area contributed by atoms with Gasteiger partial charge in [0.1, 0.15) is 11.5 Å². The van der Waals surface area contributed by atoms with Gasteiger partial charge in [0.15, 0.2) is 0 Å². The van der Waals surface area contributed by atoms with Crippen molar-refractivity contribution in [2.75, 3.05) is 0 Å². The molecule has 0 radical (unpaired) electrons. The van der Waals surface area contributed by atoms with Gasteiger partial charge in [0, 0.05) is 11.1 Å². The van der Waals surface area contributed by atoms with Crippen LogP contribution in [0.1, 0.15) is 49.6 Å². The van der Waals surface area contributed by atoms with Gasteiger partial charge in [0.25, 0.3) is 0 Å². The molecule has 112 valence electrons. The fourth-order valence-corrected chi connectivity index (χ4v) is 2.51. The summed E-state index contributed by atoms with van der Waals surface area (Å²) in [6, 6.07) is 7.63. The van der Waals surface area contributed by atoms with Gasteiger partial charge in [-0.2, -0.15) is 0 Å². The van der Waals surface area contributed by atoms with Crippen molar-refractivity contribution in [3.8, 4) is 11.5 Å². The minimum absolute atomic E-state index is 0.0798. The summed E-state index contributed by atoms with van der Waals surface area (Å²) in [4.78, 5) is 4.30. The van der Waals surface area contributed by atoms with Crippen molar-refractivity contribution in [2.45, 2.75) is 39.7 Å². The predicted octanol–water partition coefficient (Wildman–Crippen LogP) is 4.98. The van der Waals surface area contributed by atoms with E-state index in [1.54, 1.807) is 6.20 Å². The van der Waals surface area contributed by atoms with Crippen molar-refractivity contribution in [2.24, 2.45) is 5.73 Å². The van der Waals surface area contributed by atoms with Crippen molar-refractivity contribution in [1.29, 1.82) is 0 Å². The lowest BCUT2D eigenvalue weighted by Crippen LogP contribution is -2.06. The first-order valence-corrected chi connectivity index (χ1v) is 7.45. The van der Waals surface area contributed by atoms with Gasteiger partial charge in [-0.3, -0.25) is 4.98 Å². The highest BCUT2D eigenvalue weighted by Crippen LogP contribution is 2.33. The number of benzene rings is 1. The number of pyridine rings is 1.